The van der Waals surface area contributed by atoms with Gasteiger partial charge < -0.3 is 10.0 Å². The van der Waals surface area contributed by atoms with Crippen molar-refractivity contribution in [1.29, 1.82) is 0 Å². The van der Waals surface area contributed by atoms with Gasteiger partial charge in [-0.05, 0) is 75.1 Å². The van der Waals surface area contributed by atoms with E-state index in [0.717, 1.165) is 25.1 Å². The minimum Gasteiger partial charge on any atom is -0.481 e. The molecule has 0 spiro atoms. The van der Waals surface area contributed by atoms with Crippen molar-refractivity contribution in [2.45, 2.75) is 52.4 Å². The van der Waals surface area contributed by atoms with E-state index in [1.54, 1.807) is 0 Å². The topological polar surface area (TPSA) is 57.6 Å². The van der Waals surface area contributed by atoms with Gasteiger partial charge in [-0.3, -0.25) is 9.59 Å². The average molecular weight is 315 g/mol. The second-order valence-corrected chi connectivity index (χ2v) is 7.06. The fourth-order valence-electron chi connectivity index (χ4n) is 4.11. The number of carboxylic acids is 1. The highest BCUT2D eigenvalue weighted by Crippen LogP contribution is 2.35. The zero-order valence-corrected chi connectivity index (χ0v) is 14.0. The Morgan fingerprint density at radius 2 is 1.74 bits per heavy atom. The summed E-state index contributed by atoms with van der Waals surface area (Å²) in [6, 6.07) is 4.31. The summed E-state index contributed by atoms with van der Waals surface area (Å²) >= 11 is 0. The Labute approximate surface area is 137 Å². The molecule has 1 saturated carbocycles. The van der Waals surface area contributed by atoms with E-state index >= 15 is 0 Å². The van der Waals surface area contributed by atoms with E-state index in [0.29, 0.717) is 25.7 Å². The lowest BCUT2D eigenvalue weighted by Gasteiger charge is -2.35. The van der Waals surface area contributed by atoms with Crippen molar-refractivity contribution in [2.24, 2.45) is 11.8 Å². The number of carboxylic acid groups (broad SMARTS) is 1. The zero-order valence-electron chi connectivity index (χ0n) is 14.0. The summed E-state index contributed by atoms with van der Waals surface area (Å²) < 4.78 is 0. The highest BCUT2D eigenvalue weighted by molar-refractivity contribution is 5.96. The molecular weight excluding hydrogens is 290 g/mol. The standard InChI is InChI=1S/C19H25NO3/c1-12-10-13(2)16-4-3-9-20(17(16)11-12)18(21)14-5-7-15(8-6-14)19(22)23/h10-11,14-15H,3-9H2,1-2H3,(H,22,23). The van der Waals surface area contributed by atoms with Crippen LogP contribution in [0, 0.1) is 25.7 Å². The van der Waals surface area contributed by atoms with E-state index < -0.39 is 5.97 Å². The predicted octanol–water partition coefficient (Wildman–Crippen LogP) is 3.47. The Morgan fingerprint density at radius 1 is 1.09 bits per heavy atom. The lowest BCUT2D eigenvalue weighted by atomic mass is 9.81. The van der Waals surface area contributed by atoms with E-state index in [9.17, 15) is 9.59 Å². The van der Waals surface area contributed by atoms with Crippen LogP contribution in [0.25, 0.3) is 0 Å². The molecule has 4 nitrogen and oxygen atoms in total. The average Bonchev–Trinajstić information content (AvgIpc) is 2.53. The van der Waals surface area contributed by atoms with Gasteiger partial charge in [0.05, 0.1) is 5.92 Å². The van der Waals surface area contributed by atoms with E-state index in [1.165, 1.54) is 16.7 Å². The maximum Gasteiger partial charge on any atom is 0.306 e. The number of rotatable bonds is 2. The first-order valence-electron chi connectivity index (χ1n) is 8.61. The third-order valence-corrected chi connectivity index (χ3v) is 5.38. The Balaban J connectivity index is 1.79. The molecule has 1 amide bonds. The molecule has 1 heterocycles. The summed E-state index contributed by atoms with van der Waals surface area (Å²) in [5, 5.41) is 9.11. The van der Waals surface area contributed by atoms with Crippen molar-refractivity contribution in [3.8, 4) is 0 Å². The fourth-order valence-corrected chi connectivity index (χ4v) is 4.11. The third kappa shape index (κ3) is 3.12. The number of hydrogen-bond donors (Lipinski definition) is 1. The normalized spacial score (nSPS) is 24.2. The first-order chi connectivity index (χ1) is 11.0. The number of carbonyl (C=O) groups excluding carboxylic acids is 1. The van der Waals surface area contributed by atoms with Gasteiger partial charge in [0, 0.05) is 18.2 Å². The molecule has 1 aliphatic carbocycles. The Morgan fingerprint density at radius 3 is 2.39 bits per heavy atom. The second kappa shape index (κ2) is 6.34. The summed E-state index contributed by atoms with van der Waals surface area (Å²) in [5.74, 6) is -0.806. The van der Waals surface area contributed by atoms with E-state index in [4.69, 9.17) is 5.11 Å². The number of amides is 1. The van der Waals surface area contributed by atoms with Gasteiger partial charge in [0.1, 0.15) is 0 Å². The van der Waals surface area contributed by atoms with E-state index in [1.807, 2.05) is 4.90 Å². The third-order valence-electron chi connectivity index (χ3n) is 5.38. The lowest BCUT2D eigenvalue weighted by Crippen LogP contribution is -2.41. The van der Waals surface area contributed by atoms with Crippen molar-refractivity contribution < 1.29 is 14.7 Å². The van der Waals surface area contributed by atoms with Gasteiger partial charge >= 0.3 is 5.97 Å². The quantitative estimate of drug-likeness (QED) is 0.909. The number of aryl methyl sites for hydroxylation is 2. The van der Waals surface area contributed by atoms with Crippen LogP contribution in [0.3, 0.4) is 0 Å². The number of anilines is 1. The number of hydrogen-bond acceptors (Lipinski definition) is 2. The van der Waals surface area contributed by atoms with Gasteiger partial charge in [0.25, 0.3) is 0 Å². The predicted molar refractivity (Wildman–Crippen MR) is 89.7 cm³/mol. The van der Waals surface area contributed by atoms with Crippen molar-refractivity contribution in [3.05, 3.63) is 28.8 Å². The smallest absolute Gasteiger partial charge is 0.306 e. The Kier molecular flexibility index (Phi) is 4.42. The Hall–Kier alpha value is -1.84. The van der Waals surface area contributed by atoms with Crippen LogP contribution in [0.2, 0.25) is 0 Å². The summed E-state index contributed by atoms with van der Waals surface area (Å²) in [5.41, 5.74) is 4.84. The zero-order chi connectivity index (χ0) is 16.6. The minimum atomic E-state index is -0.717. The van der Waals surface area contributed by atoms with Gasteiger partial charge in [-0.15, -0.1) is 0 Å². The molecule has 1 aromatic rings. The van der Waals surface area contributed by atoms with Gasteiger partial charge in [0.15, 0.2) is 0 Å². The van der Waals surface area contributed by atoms with Crippen molar-refractivity contribution in [3.63, 3.8) is 0 Å². The van der Waals surface area contributed by atoms with Crippen LogP contribution >= 0.6 is 0 Å². The molecule has 1 aliphatic heterocycles. The summed E-state index contributed by atoms with van der Waals surface area (Å²) in [4.78, 5) is 26.0. The number of benzene rings is 1. The second-order valence-electron chi connectivity index (χ2n) is 7.06. The van der Waals surface area contributed by atoms with Crippen LogP contribution in [0.4, 0.5) is 5.69 Å². The van der Waals surface area contributed by atoms with E-state index in [2.05, 4.69) is 26.0 Å². The molecular formula is C19H25NO3. The maximum atomic E-state index is 13.0. The van der Waals surface area contributed by atoms with E-state index in [-0.39, 0.29) is 17.7 Å². The molecule has 23 heavy (non-hydrogen) atoms. The van der Waals surface area contributed by atoms with Gasteiger partial charge in [-0.1, -0.05) is 6.07 Å². The molecule has 0 atom stereocenters. The van der Waals surface area contributed by atoms with Gasteiger partial charge in [0.2, 0.25) is 5.91 Å². The van der Waals surface area contributed by atoms with Gasteiger partial charge in [-0.2, -0.15) is 0 Å². The van der Waals surface area contributed by atoms with Crippen LogP contribution in [0.1, 0.15) is 48.8 Å². The van der Waals surface area contributed by atoms with Crippen LogP contribution in [0.15, 0.2) is 12.1 Å². The number of nitrogens with zero attached hydrogens (tertiary/aromatic N) is 1. The molecule has 0 saturated heterocycles. The van der Waals surface area contributed by atoms with Crippen molar-refractivity contribution in [2.75, 3.05) is 11.4 Å². The molecule has 4 heteroatoms. The van der Waals surface area contributed by atoms with Crippen LogP contribution in [-0.2, 0) is 16.0 Å². The van der Waals surface area contributed by atoms with Crippen molar-refractivity contribution in [1.82, 2.24) is 0 Å². The largest absolute Gasteiger partial charge is 0.481 e. The minimum absolute atomic E-state index is 0.0163. The molecule has 1 N–H and O–H groups in total. The van der Waals surface area contributed by atoms with Crippen molar-refractivity contribution >= 4 is 17.6 Å². The van der Waals surface area contributed by atoms with Crippen LogP contribution in [-0.4, -0.2) is 23.5 Å². The highest BCUT2D eigenvalue weighted by Gasteiger charge is 2.34. The summed E-state index contributed by atoms with van der Waals surface area (Å²) in [7, 11) is 0. The molecule has 0 radical (unpaired) electrons. The molecule has 0 unspecified atom stereocenters. The fraction of sp³-hybridized carbons (Fsp3) is 0.579. The Bertz CT molecular complexity index is 630. The highest BCUT2D eigenvalue weighted by atomic mass is 16.4. The van der Waals surface area contributed by atoms with Crippen LogP contribution in [0.5, 0.6) is 0 Å². The number of fused-ring (bicyclic) bond motifs is 1. The molecule has 0 aromatic heterocycles. The first kappa shape index (κ1) is 16.0. The SMILES string of the molecule is Cc1cc(C)c2c(c1)N(C(=O)C1CCC(C(=O)O)CC1)CCC2. The number of carbonyl (C=O) groups is 2. The maximum absolute atomic E-state index is 13.0. The molecule has 0 bridgehead atoms. The molecule has 1 aromatic carbocycles. The molecule has 124 valence electrons. The summed E-state index contributed by atoms with van der Waals surface area (Å²) in [6.07, 6.45) is 4.70. The van der Waals surface area contributed by atoms with Crippen LogP contribution < -0.4 is 4.90 Å². The molecule has 3 rings (SSSR count). The summed E-state index contributed by atoms with van der Waals surface area (Å²) in [6.45, 7) is 4.98. The molecule has 2 aliphatic rings. The first-order valence-corrected chi connectivity index (χ1v) is 8.61. The monoisotopic (exact) mass is 315 g/mol. The lowest BCUT2D eigenvalue weighted by molar-refractivity contribution is -0.144. The van der Waals surface area contributed by atoms with Gasteiger partial charge in [-0.25, -0.2) is 0 Å². The number of aliphatic carboxylic acids is 1. The molecule has 1 fully saturated rings.